The summed E-state index contributed by atoms with van der Waals surface area (Å²) in [6.07, 6.45) is 2.66. The van der Waals surface area contributed by atoms with E-state index in [0.29, 0.717) is 6.61 Å². The molecule has 3 rings (SSSR count). The number of methoxy groups -OCH3 is 1. The lowest BCUT2D eigenvalue weighted by Gasteiger charge is -2.20. The lowest BCUT2D eigenvalue weighted by atomic mass is 10.2. The van der Waals surface area contributed by atoms with Crippen molar-refractivity contribution in [3.63, 3.8) is 0 Å². The van der Waals surface area contributed by atoms with Crippen molar-refractivity contribution in [3.8, 4) is 0 Å². The Morgan fingerprint density at radius 3 is 2.75 bits per heavy atom. The molecule has 0 saturated heterocycles. The van der Waals surface area contributed by atoms with Gasteiger partial charge in [-0.3, -0.25) is 4.68 Å². The van der Waals surface area contributed by atoms with Crippen LogP contribution < -0.4 is 5.32 Å². The van der Waals surface area contributed by atoms with Crippen molar-refractivity contribution in [3.05, 3.63) is 41.0 Å². The number of rotatable bonds is 6. The molecular weight excluding hydrogens is 304 g/mol. The van der Waals surface area contributed by atoms with E-state index in [1.807, 2.05) is 29.2 Å². The van der Waals surface area contributed by atoms with Gasteiger partial charge in [-0.1, -0.05) is 6.92 Å². The van der Waals surface area contributed by atoms with E-state index in [-0.39, 0.29) is 6.04 Å². The first-order valence-corrected chi connectivity index (χ1v) is 8.14. The van der Waals surface area contributed by atoms with Gasteiger partial charge in [0.1, 0.15) is 5.82 Å². The highest BCUT2D eigenvalue weighted by molar-refractivity contribution is 5.56. The minimum absolute atomic E-state index is 0.0254. The van der Waals surface area contributed by atoms with Gasteiger partial charge in [-0.15, -0.1) is 0 Å². The molecule has 0 spiro atoms. The number of anilines is 1. The van der Waals surface area contributed by atoms with Crippen LogP contribution >= 0.6 is 0 Å². The van der Waals surface area contributed by atoms with Crippen molar-refractivity contribution in [2.45, 2.75) is 33.2 Å². The van der Waals surface area contributed by atoms with Crippen molar-refractivity contribution in [2.24, 2.45) is 7.05 Å². The minimum atomic E-state index is -0.0254. The largest absolute Gasteiger partial charge is 0.382 e. The lowest BCUT2D eigenvalue weighted by Crippen LogP contribution is -2.21. The van der Waals surface area contributed by atoms with Gasteiger partial charge in [0.15, 0.2) is 5.65 Å². The maximum Gasteiger partial charge on any atom is 0.160 e. The van der Waals surface area contributed by atoms with Crippen LogP contribution in [0.4, 0.5) is 5.82 Å². The normalized spacial score (nSPS) is 12.7. The van der Waals surface area contributed by atoms with E-state index in [1.54, 1.807) is 13.3 Å². The molecule has 24 heavy (non-hydrogen) atoms. The molecule has 0 radical (unpaired) electrons. The summed E-state index contributed by atoms with van der Waals surface area (Å²) in [4.78, 5) is 4.72. The Balaban J connectivity index is 2.07. The second-order valence-corrected chi connectivity index (χ2v) is 5.96. The number of nitrogens with zero attached hydrogens (tertiary/aromatic N) is 5. The molecule has 128 valence electrons. The Morgan fingerprint density at radius 1 is 1.33 bits per heavy atom. The van der Waals surface area contributed by atoms with E-state index < -0.39 is 0 Å². The topological polar surface area (TPSA) is 69.3 Å². The zero-order valence-electron chi connectivity index (χ0n) is 14.9. The molecule has 0 aliphatic rings. The number of ether oxygens (including phenoxy) is 1. The van der Waals surface area contributed by atoms with Crippen LogP contribution in [0.25, 0.3) is 5.65 Å². The average Bonchev–Trinajstić information content (AvgIpc) is 3.11. The Hall–Kier alpha value is -2.41. The highest BCUT2D eigenvalue weighted by atomic mass is 16.5. The average molecular weight is 328 g/mol. The second kappa shape index (κ2) is 6.60. The molecule has 7 heteroatoms. The van der Waals surface area contributed by atoms with Gasteiger partial charge < -0.3 is 10.1 Å². The molecule has 0 saturated carbocycles. The summed E-state index contributed by atoms with van der Waals surface area (Å²) in [6.45, 7) is 6.70. The molecule has 0 aliphatic heterocycles. The number of hydrogen-bond acceptors (Lipinski definition) is 5. The van der Waals surface area contributed by atoms with Crippen LogP contribution in [0.3, 0.4) is 0 Å². The van der Waals surface area contributed by atoms with E-state index in [4.69, 9.17) is 9.72 Å². The highest BCUT2D eigenvalue weighted by Gasteiger charge is 2.18. The monoisotopic (exact) mass is 328 g/mol. The van der Waals surface area contributed by atoms with Crippen molar-refractivity contribution in [2.75, 3.05) is 19.0 Å². The van der Waals surface area contributed by atoms with Crippen LogP contribution in [-0.4, -0.2) is 38.1 Å². The number of aromatic nitrogens is 5. The number of hydrogen-bond donors (Lipinski definition) is 1. The van der Waals surface area contributed by atoms with E-state index >= 15 is 0 Å². The maximum atomic E-state index is 5.40. The van der Waals surface area contributed by atoms with Gasteiger partial charge in [-0.25, -0.2) is 4.98 Å². The van der Waals surface area contributed by atoms with Gasteiger partial charge in [0, 0.05) is 37.7 Å². The molecule has 1 atom stereocenters. The molecule has 1 N–H and O–H groups in total. The van der Waals surface area contributed by atoms with Gasteiger partial charge in [-0.05, 0) is 26.3 Å². The van der Waals surface area contributed by atoms with Crippen molar-refractivity contribution in [1.29, 1.82) is 0 Å². The Kier molecular flexibility index (Phi) is 4.53. The van der Waals surface area contributed by atoms with Gasteiger partial charge >= 0.3 is 0 Å². The van der Waals surface area contributed by atoms with E-state index in [2.05, 4.69) is 35.4 Å². The number of aryl methyl sites for hydroxylation is 4. The third-order valence-corrected chi connectivity index (χ3v) is 4.34. The summed E-state index contributed by atoms with van der Waals surface area (Å²) in [6, 6.07) is 4.02. The van der Waals surface area contributed by atoms with Crippen molar-refractivity contribution < 1.29 is 4.74 Å². The standard InChI is InChI=1S/C17H24N6O/c1-6-13-9-16(23-17(19-13)11(2)12(3)21-23)20-14(10-24-5)15-7-8-18-22(15)4/h7-9,14,20H,6,10H2,1-5H3. The van der Waals surface area contributed by atoms with Gasteiger partial charge in [-0.2, -0.15) is 14.7 Å². The molecular formula is C17H24N6O. The predicted octanol–water partition coefficient (Wildman–Crippen LogP) is 2.44. The van der Waals surface area contributed by atoms with Crippen LogP contribution in [0.1, 0.15) is 35.6 Å². The van der Waals surface area contributed by atoms with Crippen LogP contribution in [0, 0.1) is 13.8 Å². The fourth-order valence-electron chi connectivity index (χ4n) is 2.84. The first-order chi connectivity index (χ1) is 11.5. The molecule has 1 unspecified atom stereocenters. The van der Waals surface area contributed by atoms with Crippen LogP contribution in [0.5, 0.6) is 0 Å². The third-order valence-electron chi connectivity index (χ3n) is 4.34. The summed E-state index contributed by atoms with van der Waals surface area (Å²) < 4.78 is 9.14. The predicted molar refractivity (Wildman–Crippen MR) is 93.3 cm³/mol. The summed E-state index contributed by atoms with van der Waals surface area (Å²) >= 11 is 0. The molecule has 0 aliphatic carbocycles. The molecule has 0 amide bonds. The third kappa shape index (κ3) is 2.87. The Labute approximate surface area is 141 Å². The number of fused-ring (bicyclic) bond motifs is 1. The van der Waals surface area contributed by atoms with E-state index in [0.717, 1.165) is 40.5 Å². The zero-order valence-corrected chi connectivity index (χ0v) is 14.9. The fraction of sp³-hybridized carbons (Fsp3) is 0.471. The molecule has 3 aromatic rings. The smallest absolute Gasteiger partial charge is 0.160 e. The van der Waals surface area contributed by atoms with Crippen LogP contribution in [-0.2, 0) is 18.2 Å². The number of nitrogens with one attached hydrogen (secondary N) is 1. The maximum absolute atomic E-state index is 5.40. The molecule has 0 aromatic carbocycles. The second-order valence-electron chi connectivity index (χ2n) is 5.96. The fourth-order valence-corrected chi connectivity index (χ4v) is 2.84. The van der Waals surface area contributed by atoms with E-state index in [9.17, 15) is 0 Å². The summed E-state index contributed by atoms with van der Waals surface area (Å²) in [5.41, 5.74) is 5.09. The van der Waals surface area contributed by atoms with Crippen LogP contribution in [0.15, 0.2) is 18.3 Å². The molecule has 3 heterocycles. The minimum Gasteiger partial charge on any atom is -0.382 e. The summed E-state index contributed by atoms with van der Waals surface area (Å²) in [7, 11) is 3.63. The Bertz CT molecular complexity index is 850. The zero-order chi connectivity index (χ0) is 17.3. The molecule has 0 fully saturated rings. The first-order valence-electron chi connectivity index (χ1n) is 8.14. The lowest BCUT2D eigenvalue weighted by molar-refractivity contribution is 0.184. The molecule has 3 aromatic heterocycles. The van der Waals surface area contributed by atoms with Crippen molar-refractivity contribution >= 4 is 11.5 Å². The molecule has 7 nitrogen and oxygen atoms in total. The quantitative estimate of drug-likeness (QED) is 0.753. The van der Waals surface area contributed by atoms with Gasteiger partial charge in [0.05, 0.1) is 24.0 Å². The van der Waals surface area contributed by atoms with Crippen molar-refractivity contribution in [1.82, 2.24) is 24.4 Å². The Morgan fingerprint density at radius 2 is 2.12 bits per heavy atom. The van der Waals surface area contributed by atoms with Crippen LogP contribution in [0.2, 0.25) is 0 Å². The summed E-state index contributed by atoms with van der Waals surface area (Å²) in [5.74, 6) is 0.913. The SMILES string of the molecule is CCc1cc(NC(COC)c2ccnn2C)n2nc(C)c(C)c2n1. The van der Waals surface area contributed by atoms with Gasteiger partial charge in [0.2, 0.25) is 0 Å². The van der Waals surface area contributed by atoms with Gasteiger partial charge in [0.25, 0.3) is 0 Å². The highest BCUT2D eigenvalue weighted by Crippen LogP contribution is 2.23. The summed E-state index contributed by atoms with van der Waals surface area (Å²) in [5, 5.41) is 12.5. The first kappa shape index (κ1) is 16.4. The molecule has 0 bridgehead atoms. The van der Waals surface area contributed by atoms with E-state index in [1.165, 1.54) is 0 Å².